The second-order valence-electron chi connectivity index (χ2n) is 8.47. The predicted octanol–water partition coefficient (Wildman–Crippen LogP) is 3.70. The van der Waals surface area contributed by atoms with E-state index in [-0.39, 0.29) is 0 Å². The lowest BCUT2D eigenvalue weighted by Crippen LogP contribution is -2.38. The van der Waals surface area contributed by atoms with Crippen molar-refractivity contribution in [2.75, 3.05) is 0 Å². The third kappa shape index (κ3) is 2.70. The highest BCUT2D eigenvalue weighted by Crippen LogP contribution is 2.44. The molecule has 2 aliphatic rings. The van der Waals surface area contributed by atoms with E-state index in [2.05, 4.69) is 64.2 Å². The molecule has 0 amide bonds. The van der Waals surface area contributed by atoms with Gasteiger partial charge in [-0.2, -0.15) is 10.2 Å². The summed E-state index contributed by atoms with van der Waals surface area (Å²) in [6, 6.07) is 11.6. The summed E-state index contributed by atoms with van der Waals surface area (Å²) in [5.41, 5.74) is 8.31. The van der Waals surface area contributed by atoms with Crippen LogP contribution in [0, 0.1) is 6.92 Å². The van der Waals surface area contributed by atoms with Crippen LogP contribution in [0.25, 0.3) is 16.9 Å². The van der Waals surface area contributed by atoms with Gasteiger partial charge in [0.05, 0.1) is 17.6 Å². The van der Waals surface area contributed by atoms with Crippen LogP contribution in [-0.4, -0.2) is 35.3 Å². The van der Waals surface area contributed by atoms with E-state index in [1.165, 1.54) is 35.2 Å². The molecular weight excluding hydrogens is 360 g/mol. The molecule has 1 saturated heterocycles. The summed E-state index contributed by atoms with van der Waals surface area (Å²) in [5, 5.41) is 9.31. The van der Waals surface area contributed by atoms with Crippen LogP contribution < -0.4 is 0 Å². The van der Waals surface area contributed by atoms with Crippen LogP contribution in [0.3, 0.4) is 0 Å². The standard InChI is InChI=1S/C23H24N6/c1-15-4-3-5-17(8-15)20-10-23-24-12-19-21-7-6-18(9-22(19)29(23)26-20)28(21)14-16-11-25-27(2)13-16/h3-5,8,10-13,18,21H,6-7,9,14H2,1-2H3/t18-,21-/m1/s1. The van der Waals surface area contributed by atoms with E-state index < -0.39 is 0 Å². The number of benzene rings is 1. The van der Waals surface area contributed by atoms with Gasteiger partial charge in [-0.05, 0) is 25.8 Å². The quantitative estimate of drug-likeness (QED) is 0.540. The van der Waals surface area contributed by atoms with Crippen LogP contribution in [0.5, 0.6) is 0 Å². The van der Waals surface area contributed by atoms with E-state index in [4.69, 9.17) is 10.1 Å². The van der Waals surface area contributed by atoms with Gasteiger partial charge < -0.3 is 0 Å². The van der Waals surface area contributed by atoms with E-state index in [1.54, 1.807) is 0 Å². The maximum atomic E-state index is 4.97. The molecule has 3 aromatic heterocycles. The van der Waals surface area contributed by atoms with Gasteiger partial charge in [-0.15, -0.1) is 0 Å². The zero-order valence-corrected chi connectivity index (χ0v) is 16.8. The molecular formula is C23H24N6. The molecule has 146 valence electrons. The van der Waals surface area contributed by atoms with Crippen LogP contribution in [0.2, 0.25) is 0 Å². The van der Waals surface area contributed by atoms with Crippen molar-refractivity contribution in [3.8, 4) is 11.3 Å². The van der Waals surface area contributed by atoms with Gasteiger partial charge in [-0.3, -0.25) is 9.58 Å². The molecule has 6 heteroatoms. The van der Waals surface area contributed by atoms with Crippen molar-refractivity contribution in [2.45, 2.75) is 44.8 Å². The van der Waals surface area contributed by atoms with Gasteiger partial charge in [-0.1, -0.05) is 23.8 Å². The molecule has 0 unspecified atom stereocenters. The zero-order chi connectivity index (χ0) is 19.5. The van der Waals surface area contributed by atoms with Crippen molar-refractivity contribution in [3.63, 3.8) is 0 Å². The first kappa shape index (κ1) is 16.9. The molecule has 6 rings (SSSR count). The Hall–Kier alpha value is -2.99. The van der Waals surface area contributed by atoms with E-state index in [0.29, 0.717) is 12.1 Å². The minimum atomic E-state index is 0.424. The predicted molar refractivity (Wildman–Crippen MR) is 111 cm³/mol. The number of aryl methyl sites for hydroxylation is 2. The second kappa shape index (κ2) is 6.26. The molecule has 6 nitrogen and oxygen atoms in total. The highest BCUT2D eigenvalue weighted by molar-refractivity contribution is 5.65. The molecule has 5 heterocycles. The third-order valence-electron chi connectivity index (χ3n) is 6.48. The number of hydrogen-bond donors (Lipinski definition) is 0. The number of fused-ring (bicyclic) bond motifs is 6. The third-order valence-corrected chi connectivity index (χ3v) is 6.48. The lowest BCUT2D eigenvalue weighted by atomic mass is 9.98. The molecule has 29 heavy (non-hydrogen) atoms. The molecule has 0 aliphatic carbocycles. The molecule has 1 fully saturated rings. The average Bonchev–Trinajstić information content (AvgIpc) is 3.39. The monoisotopic (exact) mass is 384 g/mol. The normalized spacial score (nSPS) is 21.0. The SMILES string of the molecule is Cc1cccc(-c2cc3ncc4c(n3n2)C[C@H]2CC[C@H]4N2Cc2cnn(C)c2)c1. The minimum absolute atomic E-state index is 0.424. The molecule has 0 spiro atoms. The summed E-state index contributed by atoms with van der Waals surface area (Å²) in [6.07, 6.45) is 9.65. The Bertz CT molecular complexity index is 1220. The van der Waals surface area contributed by atoms with Crippen LogP contribution in [0.1, 0.15) is 41.3 Å². The molecule has 4 aromatic rings. The van der Waals surface area contributed by atoms with Gasteiger partial charge in [0.1, 0.15) is 0 Å². The molecule has 1 aromatic carbocycles. The summed E-state index contributed by atoms with van der Waals surface area (Å²) < 4.78 is 3.98. The molecule has 0 N–H and O–H groups in total. The van der Waals surface area contributed by atoms with Crippen molar-refractivity contribution < 1.29 is 0 Å². The highest BCUT2D eigenvalue weighted by atomic mass is 15.3. The Morgan fingerprint density at radius 1 is 1.14 bits per heavy atom. The summed E-state index contributed by atoms with van der Waals surface area (Å²) in [5.74, 6) is 0. The van der Waals surface area contributed by atoms with E-state index in [1.807, 2.05) is 17.9 Å². The maximum Gasteiger partial charge on any atom is 0.155 e. The Labute approximate surface area is 169 Å². The molecule has 0 radical (unpaired) electrons. The summed E-state index contributed by atoms with van der Waals surface area (Å²) in [6.45, 7) is 3.07. The summed E-state index contributed by atoms with van der Waals surface area (Å²) in [7, 11) is 1.98. The first-order chi connectivity index (χ1) is 14.2. The van der Waals surface area contributed by atoms with E-state index in [9.17, 15) is 0 Å². The van der Waals surface area contributed by atoms with E-state index in [0.717, 1.165) is 29.9 Å². The number of rotatable bonds is 3. The van der Waals surface area contributed by atoms with Crippen molar-refractivity contribution in [2.24, 2.45) is 7.05 Å². The number of aromatic nitrogens is 5. The van der Waals surface area contributed by atoms with Gasteiger partial charge in [0, 0.05) is 67.2 Å². The second-order valence-corrected chi connectivity index (χ2v) is 8.47. The fourth-order valence-corrected chi connectivity index (χ4v) is 5.14. The highest BCUT2D eigenvalue weighted by Gasteiger charge is 2.41. The van der Waals surface area contributed by atoms with Gasteiger partial charge >= 0.3 is 0 Å². The van der Waals surface area contributed by atoms with Gasteiger partial charge in [0.2, 0.25) is 0 Å². The van der Waals surface area contributed by atoms with Gasteiger partial charge in [-0.25, -0.2) is 9.50 Å². The van der Waals surface area contributed by atoms with Crippen LogP contribution in [0.15, 0.2) is 48.9 Å². The molecule has 2 aliphatic heterocycles. The molecule has 0 saturated carbocycles. The molecule has 2 atom stereocenters. The fraction of sp³-hybridized carbons (Fsp3) is 0.348. The number of nitrogens with zero attached hydrogens (tertiary/aromatic N) is 6. The van der Waals surface area contributed by atoms with Crippen LogP contribution >= 0.6 is 0 Å². The minimum Gasteiger partial charge on any atom is -0.289 e. The first-order valence-corrected chi connectivity index (χ1v) is 10.3. The van der Waals surface area contributed by atoms with Gasteiger partial charge in [0.25, 0.3) is 0 Å². The lowest BCUT2D eigenvalue weighted by Gasteiger charge is -2.35. The van der Waals surface area contributed by atoms with Crippen molar-refractivity contribution in [3.05, 3.63) is 71.3 Å². The fourth-order valence-electron chi connectivity index (χ4n) is 5.14. The zero-order valence-electron chi connectivity index (χ0n) is 16.8. The van der Waals surface area contributed by atoms with Gasteiger partial charge in [0.15, 0.2) is 5.65 Å². The maximum absolute atomic E-state index is 4.97. The lowest BCUT2D eigenvalue weighted by molar-refractivity contribution is 0.165. The summed E-state index contributed by atoms with van der Waals surface area (Å²) >= 11 is 0. The van der Waals surface area contributed by atoms with Crippen LogP contribution in [-0.2, 0) is 20.0 Å². The smallest absolute Gasteiger partial charge is 0.155 e. The van der Waals surface area contributed by atoms with Crippen molar-refractivity contribution in [1.82, 2.24) is 29.3 Å². The Morgan fingerprint density at radius 2 is 2.07 bits per heavy atom. The van der Waals surface area contributed by atoms with Crippen LogP contribution in [0.4, 0.5) is 0 Å². The Morgan fingerprint density at radius 3 is 2.90 bits per heavy atom. The largest absolute Gasteiger partial charge is 0.289 e. The van der Waals surface area contributed by atoms with E-state index >= 15 is 0 Å². The average molecular weight is 384 g/mol. The Balaban J connectivity index is 1.40. The van der Waals surface area contributed by atoms with Crippen molar-refractivity contribution >= 4 is 5.65 Å². The van der Waals surface area contributed by atoms with Crippen molar-refractivity contribution in [1.29, 1.82) is 0 Å². The molecule has 2 bridgehead atoms. The number of hydrogen-bond acceptors (Lipinski definition) is 4. The summed E-state index contributed by atoms with van der Waals surface area (Å²) in [4.78, 5) is 7.42. The topological polar surface area (TPSA) is 51.2 Å². The first-order valence-electron chi connectivity index (χ1n) is 10.3. The Kier molecular flexibility index (Phi) is 3.65.